The molecule has 1 unspecified atom stereocenters. The van der Waals surface area contributed by atoms with Gasteiger partial charge >= 0.3 is 0 Å². The van der Waals surface area contributed by atoms with Crippen LogP contribution in [0.3, 0.4) is 0 Å². The van der Waals surface area contributed by atoms with E-state index in [1.165, 1.54) is 57.1 Å². The topological polar surface area (TPSA) is 12.0 Å². The number of allylic oxidation sites excluding steroid dienone is 1. The molecule has 1 N–H and O–H groups in total. The summed E-state index contributed by atoms with van der Waals surface area (Å²) in [6, 6.07) is 0.750. The Kier molecular flexibility index (Phi) is 10.0. The lowest BCUT2D eigenvalue weighted by Gasteiger charge is -2.17. The van der Waals surface area contributed by atoms with E-state index in [1.54, 1.807) is 0 Å². The molecule has 0 fully saturated rings. The van der Waals surface area contributed by atoms with Gasteiger partial charge in [0.05, 0.1) is 0 Å². The molecule has 15 heavy (non-hydrogen) atoms. The Bertz CT molecular complexity index is 151. The molecule has 1 atom stereocenters. The summed E-state index contributed by atoms with van der Waals surface area (Å²) in [4.78, 5) is 0. The van der Waals surface area contributed by atoms with Gasteiger partial charge in [-0.05, 0) is 45.6 Å². The van der Waals surface area contributed by atoms with Crippen molar-refractivity contribution < 1.29 is 0 Å². The average Bonchev–Trinajstić information content (AvgIpc) is 2.20. The normalized spacial score (nSPS) is 12.7. The molecule has 0 spiro atoms. The van der Waals surface area contributed by atoms with Crippen molar-refractivity contribution >= 4 is 0 Å². The quantitative estimate of drug-likeness (QED) is 0.420. The number of hydrogen-bond acceptors (Lipinski definition) is 1. The Balaban J connectivity index is 3.51. The van der Waals surface area contributed by atoms with Gasteiger partial charge in [-0.1, -0.05) is 32.3 Å². The molecule has 0 amide bonds. The Hall–Kier alpha value is -0.300. The Morgan fingerprint density at radius 3 is 2.40 bits per heavy atom. The van der Waals surface area contributed by atoms with Crippen molar-refractivity contribution in [2.45, 2.75) is 71.8 Å². The molecule has 0 bridgehead atoms. The van der Waals surface area contributed by atoms with Crippen LogP contribution in [0.15, 0.2) is 12.2 Å². The van der Waals surface area contributed by atoms with Gasteiger partial charge in [0.1, 0.15) is 0 Å². The van der Waals surface area contributed by atoms with Gasteiger partial charge in [-0.2, -0.15) is 0 Å². The molecule has 1 nitrogen and oxygen atoms in total. The second-order valence-corrected chi connectivity index (χ2v) is 4.64. The van der Waals surface area contributed by atoms with Crippen molar-refractivity contribution in [3.8, 4) is 0 Å². The Morgan fingerprint density at radius 2 is 1.87 bits per heavy atom. The van der Waals surface area contributed by atoms with E-state index in [4.69, 9.17) is 0 Å². The van der Waals surface area contributed by atoms with Crippen molar-refractivity contribution in [3.05, 3.63) is 12.2 Å². The molecule has 0 rings (SSSR count). The van der Waals surface area contributed by atoms with E-state index < -0.39 is 0 Å². The third kappa shape index (κ3) is 9.99. The molecule has 1 heteroatoms. The van der Waals surface area contributed by atoms with Crippen molar-refractivity contribution in [1.29, 1.82) is 0 Å². The minimum Gasteiger partial charge on any atom is -0.314 e. The second-order valence-electron chi connectivity index (χ2n) is 4.64. The minimum absolute atomic E-state index is 0.750. The van der Waals surface area contributed by atoms with Crippen LogP contribution in [0.4, 0.5) is 0 Å². The van der Waals surface area contributed by atoms with Crippen LogP contribution in [-0.4, -0.2) is 12.6 Å². The molecule has 0 aromatic heterocycles. The Labute approximate surface area is 96.3 Å². The van der Waals surface area contributed by atoms with Gasteiger partial charge in [0.2, 0.25) is 0 Å². The summed E-state index contributed by atoms with van der Waals surface area (Å²) in [5, 5.41) is 3.64. The summed E-state index contributed by atoms with van der Waals surface area (Å²) in [5.74, 6) is 0. The van der Waals surface area contributed by atoms with Crippen LogP contribution in [0.1, 0.15) is 65.7 Å². The lowest BCUT2D eigenvalue weighted by molar-refractivity contribution is 0.432. The van der Waals surface area contributed by atoms with E-state index in [-0.39, 0.29) is 0 Å². The predicted octanol–water partition coefficient (Wildman–Crippen LogP) is 4.29. The first-order valence-electron chi connectivity index (χ1n) is 6.58. The maximum Gasteiger partial charge on any atom is 0.00669 e. The zero-order chi connectivity index (χ0) is 11.5. The van der Waals surface area contributed by atoms with Gasteiger partial charge in [0.25, 0.3) is 0 Å². The molecule has 0 radical (unpaired) electrons. The summed E-state index contributed by atoms with van der Waals surface area (Å²) >= 11 is 0. The fraction of sp³-hybridized carbons (Fsp3) is 0.857. The first-order chi connectivity index (χ1) is 7.20. The van der Waals surface area contributed by atoms with E-state index in [0.29, 0.717) is 0 Å². The maximum absolute atomic E-state index is 3.94. The summed E-state index contributed by atoms with van der Waals surface area (Å²) in [6.07, 6.45) is 9.05. The summed E-state index contributed by atoms with van der Waals surface area (Å²) in [7, 11) is 0. The van der Waals surface area contributed by atoms with Gasteiger partial charge in [0.15, 0.2) is 0 Å². The molecule has 0 aliphatic heterocycles. The van der Waals surface area contributed by atoms with Crippen molar-refractivity contribution in [1.82, 2.24) is 5.32 Å². The van der Waals surface area contributed by atoms with Crippen LogP contribution in [0.25, 0.3) is 0 Å². The van der Waals surface area contributed by atoms with Gasteiger partial charge in [0, 0.05) is 6.04 Å². The fourth-order valence-electron chi connectivity index (χ4n) is 1.86. The third-order valence-corrected chi connectivity index (χ3v) is 2.73. The van der Waals surface area contributed by atoms with Crippen LogP contribution in [0.2, 0.25) is 0 Å². The zero-order valence-electron chi connectivity index (χ0n) is 10.9. The minimum atomic E-state index is 0.750. The van der Waals surface area contributed by atoms with Crippen molar-refractivity contribution in [2.75, 3.05) is 6.54 Å². The lowest BCUT2D eigenvalue weighted by Crippen LogP contribution is -2.29. The van der Waals surface area contributed by atoms with Crippen molar-refractivity contribution in [2.24, 2.45) is 0 Å². The molecule has 0 saturated heterocycles. The highest BCUT2D eigenvalue weighted by Gasteiger charge is 2.05. The monoisotopic (exact) mass is 211 g/mol. The average molecular weight is 211 g/mol. The number of unbranched alkanes of at least 4 members (excludes halogenated alkanes) is 1. The van der Waals surface area contributed by atoms with Gasteiger partial charge in [-0.25, -0.2) is 0 Å². The van der Waals surface area contributed by atoms with Gasteiger partial charge in [-0.3, -0.25) is 0 Å². The van der Waals surface area contributed by atoms with Crippen molar-refractivity contribution in [3.63, 3.8) is 0 Å². The summed E-state index contributed by atoms with van der Waals surface area (Å²) in [6.45, 7) is 11.7. The third-order valence-electron chi connectivity index (χ3n) is 2.73. The largest absolute Gasteiger partial charge is 0.314 e. The van der Waals surface area contributed by atoms with E-state index >= 15 is 0 Å². The standard InChI is InChI=1S/C14H29N/c1-5-9-14(15-12-6-2)11-8-7-10-13(3)4/h14-15H,3,5-12H2,1-2,4H3. The first-order valence-corrected chi connectivity index (χ1v) is 6.58. The fourth-order valence-corrected chi connectivity index (χ4v) is 1.86. The lowest BCUT2D eigenvalue weighted by atomic mass is 10.0. The van der Waals surface area contributed by atoms with E-state index in [9.17, 15) is 0 Å². The van der Waals surface area contributed by atoms with Gasteiger partial charge in [-0.15, -0.1) is 6.58 Å². The van der Waals surface area contributed by atoms with Gasteiger partial charge < -0.3 is 5.32 Å². The molecule has 0 aliphatic carbocycles. The van der Waals surface area contributed by atoms with Crippen LogP contribution in [0, 0.1) is 0 Å². The highest BCUT2D eigenvalue weighted by molar-refractivity contribution is 4.87. The number of rotatable bonds is 10. The second kappa shape index (κ2) is 10.2. The molecule has 0 aromatic rings. The Morgan fingerprint density at radius 1 is 1.13 bits per heavy atom. The molecule has 0 aliphatic rings. The zero-order valence-corrected chi connectivity index (χ0v) is 10.9. The van der Waals surface area contributed by atoms with Crippen LogP contribution in [0.5, 0.6) is 0 Å². The number of hydrogen-bond donors (Lipinski definition) is 1. The molecule has 0 aromatic carbocycles. The highest BCUT2D eigenvalue weighted by atomic mass is 14.9. The molecular formula is C14H29N. The summed E-state index contributed by atoms with van der Waals surface area (Å²) in [5.41, 5.74) is 1.32. The number of nitrogens with one attached hydrogen (secondary N) is 1. The van der Waals surface area contributed by atoms with E-state index in [1.807, 2.05) is 0 Å². The molecule has 0 saturated carbocycles. The highest BCUT2D eigenvalue weighted by Crippen LogP contribution is 2.11. The summed E-state index contributed by atoms with van der Waals surface area (Å²) < 4.78 is 0. The predicted molar refractivity (Wildman–Crippen MR) is 70.3 cm³/mol. The molecule has 90 valence electrons. The molecule has 0 heterocycles. The van der Waals surface area contributed by atoms with E-state index in [2.05, 4.69) is 32.7 Å². The molecular weight excluding hydrogens is 182 g/mol. The smallest absolute Gasteiger partial charge is 0.00669 e. The van der Waals surface area contributed by atoms with Crippen LogP contribution in [-0.2, 0) is 0 Å². The van der Waals surface area contributed by atoms with Crippen LogP contribution < -0.4 is 5.32 Å². The first kappa shape index (κ1) is 14.7. The SMILES string of the molecule is C=C(C)CCCCC(CCC)NCCC. The van der Waals surface area contributed by atoms with Crippen LogP contribution >= 0.6 is 0 Å². The van der Waals surface area contributed by atoms with E-state index in [0.717, 1.165) is 6.04 Å². The maximum atomic E-state index is 3.94.